The van der Waals surface area contributed by atoms with Gasteiger partial charge >= 0.3 is 6.18 Å². The number of halogens is 3. The van der Waals surface area contributed by atoms with Crippen LogP contribution in [0.3, 0.4) is 0 Å². The number of nitrogens with zero attached hydrogens (tertiary/aromatic N) is 4. The summed E-state index contributed by atoms with van der Waals surface area (Å²) in [5.41, 5.74) is 0.00732. The number of carbonyl (C=O) groups is 2. The molecule has 1 aliphatic heterocycles. The molecule has 2 fully saturated rings. The van der Waals surface area contributed by atoms with Crippen LogP contribution in [0.4, 0.5) is 24.8 Å². The molecule has 44 heavy (non-hydrogen) atoms. The second-order valence-corrected chi connectivity index (χ2v) is 14.5. The zero-order valence-corrected chi connectivity index (χ0v) is 27.4. The van der Waals surface area contributed by atoms with E-state index in [-0.39, 0.29) is 64.6 Å². The predicted octanol–water partition coefficient (Wildman–Crippen LogP) is 7.54. The van der Waals surface area contributed by atoms with Crippen molar-refractivity contribution in [3.8, 4) is 0 Å². The van der Waals surface area contributed by atoms with Crippen LogP contribution in [0.2, 0.25) is 0 Å². The standard InChI is InChI=1S/C34H48F3N5O2/c1-21(2)16-29(43)26-11-9-10-23(26)17-28-27(34(35,36)37)20-38-31(40-28)39-24-14-12-22(13-15-24)30(44)41(7)25-18-32(3,4)42(8)33(5,6)19-25/h12-15,20-21,23,25-26H,9-11,16-19H2,1-8H3,(H,38,39,40)/t23-,26-/m0/s1. The lowest BCUT2D eigenvalue weighted by molar-refractivity contribution is -0.138. The van der Waals surface area contributed by atoms with E-state index in [1.165, 1.54) is 0 Å². The van der Waals surface area contributed by atoms with Crippen LogP contribution in [0, 0.1) is 17.8 Å². The van der Waals surface area contributed by atoms with E-state index in [2.05, 4.69) is 54.9 Å². The zero-order chi connectivity index (χ0) is 32.6. The second kappa shape index (κ2) is 12.8. The number of ketones is 1. The zero-order valence-electron chi connectivity index (χ0n) is 27.4. The number of benzene rings is 1. The minimum Gasteiger partial charge on any atom is -0.339 e. The number of likely N-dealkylation sites (tertiary alicyclic amines) is 1. The Morgan fingerprint density at radius 1 is 1.07 bits per heavy atom. The highest BCUT2D eigenvalue weighted by atomic mass is 19.4. The average molecular weight is 616 g/mol. The first kappa shape index (κ1) is 33.9. The molecule has 1 aromatic heterocycles. The van der Waals surface area contributed by atoms with Gasteiger partial charge in [-0.1, -0.05) is 20.3 Å². The van der Waals surface area contributed by atoms with Crippen LogP contribution in [0.15, 0.2) is 30.5 Å². The lowest BCUT2D eigenvalue weighted by atomic mass is 9.77. The summed E-state index contributed by atoms with van der Waals surface area (Å²) in [7, 11) is 3.98. The smallest absolute Gasteiger partial charge is 0.339 e. The summed E-state index contributed by atoms with van der Waals surface area (Å²) in [6.07, 6.45) is 0.682. The van der Waals surface area contributed by atoms with E-state index >= 15 is 0 Å². The summed E-state index contributed by atoms with van der Waals surface area (Å²) in [5.74, 6) is -0.105. The predicted molar refractivity (Wildman–Crippen MR) is 167 cm³/mol. The van der Waals surface area contributed by atoms with E-state index in [0.717, 1.165) is 25.5 Å². The molecule has 1 saturated heterocycles. The van der Waals surface area contributed by atoms with Crippen molar-refractivity contribution in [2.45, 2.75) is 110 Å². The first-order valence-corrected chi connectivity index (χ1v) is 15.7. The number of carbonyl (C=O) groups excluding carboxylic acids is 2. The van der Waals surface area contributed by atoms with E-state index in [4.69, 9.17) is 0 Å². The van der Waals surface area contributed by atoms with E-state index in [0.29, 0.717) is 30.5 Å². The molecule has 4 rings (SSSR count). The summed E-state index contributed by atoms with van der Waals surface area (Å²) in [5, 5.41) is 3.01. The van der Waals surface area contributed by atoms with Crippen LogP contribution in [-0.2, 0) is 17.4 Å². The Bertz CT molecular complexity index is 1320. The Balaban J connectivity index is 1.49. The van der Waals surface area contributed by atoms with E-state index in [9.17, 15) is 22.8 Å². The molecule has 1 saturated carbocycles. The molecule has 2 aliphatic rings. The third kappa shape index (κ3) is 7.61. The SMILES string of the molecule is CC(C)CC(=O)[C@H]1CCC[C@H]1Cc1nc(Nc2ccc(C(=O)N(C)C3CC(C)(C)N(C)C(C)(C)C3)cc2)ncc1C(F)(F)F. The molecule has 2 aromatic rings. The highest BCUT2D eigenvalue weighted by Crippen LogP contribution is 2.40. The van der Waals surface area contributed by atoms with Crippen molar-refractivity contribution in [1.29, 1.82) is 0 Å². The fourth-order valence-corrected chi connectivity index (χ4v) is 7.16. The maximum absolute atomic E-state index is 13.9. The van der Waals surface area contributed by atoms with Gasteiger partial charge in [0.25, 0.3) is 5.91 Å². The van der Waals surface area contributed by atoms with Crippen molar-refractivity contribution in [1.82, 2.24) is 19.8 Å². The molecule has 1 N–H and O–H groups in total. The number of rotatable bonds is 9. The highest BCUT2D eigenvalue weighted by molar-refractivity contribution is 5.94. The molecule has 2 heterocycles. The topological polar surface area (TPSA) is 78.4 Å². The van der Waals surface area contributed by atoms with Crippen molar-refractivity contribution in [2.75, 3.05) is 19.4 Å². The number of Topliss-reactive ketones (excluding diaryl/α,β-unsaturated/α-hetero) is 1. The number of hydrogen-bond donors (Lipinski definition) is 1. The van der Waals surface area contributed by atoms with Crippen molar-refractivity contribution < 1.29 is 22.8 Å². The Morgan fingerprint density at radius 2 is 1.68 bits per heavy atom. The van der Waals surface area contributed by atoms with Gasteiger partial charge in [-0.2, -0.15) is 13.2 Å². The van der Waals surface area contributed by atoms with Crippen LogP contribution in [0.1, 0.15) is 102 Å². The average Bonchev–Trinajstić information content (AvgIpc) is 3.38. The quantitative estimate of drug-likeness (QED) is 0.314. The molecule has 0 unspecified atom stereocenters. The Morgan fingerprint density at radius 3 is 2.25 bits per heavy atom. The summed E-state index contributed by atoms with van der Waals surface area (Å²) in [6.45, 7) is 12.8. The number of amides is 1. The van der Waals surface area contributed by atoms with Gasteiger partial charge in [-0.3, -0.25) is 14.5 Å². The van der Waals surface area contributed by atoms with Gasteiger partial charge in [0, 0.05) is 54.0 Å². The number of nitrogens with one attached hydrogen (secondary N) is 1. The largest absolute Gasteiger partial charge is 0.419 e. The summed E-state index contributed by atoms with van der Waals surface area (Å²) < 4.78 is 41.8. The van der Waals surface area contributed by atoms with Gasteiger partial charge in [0.1, 0.15) is 5.78 Å². The lowest BCUT2D eigenvalue weighted by Gasteiger charge is -2.55. The fourth-order valence-electron chi connectivity index (χ4n) is 7.16. The van der Waals surface area contributed by atoms with Crippen LogP contribution >= 0.6 is 0 Å². The number of piperidine rings is 1. The lowest BCUT2D eigenvalue weighted by Crippen LogP contribution is -2.62. The Labute approximate surface area is 260 Å². The Kier molecular flexibility index (Phi) is 9.83. The molecule has 1 amide bonds. The summed E-state index contributed by atoms with van der Waals surface area (Å²) >= 11 is 0. The maximum atomic E-state index is 13.9. The van der Waals surface area contributed by atoms with Crippen LogP contribution in [0.5, 0.6) is 0 Å². The minimum atomic E-state index is -4.60. The molecule has 7 nitrogen and oxygen atoms in total. The molecule has 0 radical (unpaired) electrons. The van der Waals surface area contributed by atoms with Crippen LogP contribution < -0.4 is 5.32 Å². The molecule has 2 atom stereocenters. The van der Waals surface area contributed by atoms with E-state index in [1.54, 1.807) is 24.3 Å². The number of aromatic nitrogens is 2. The number of alkyl halides is 3. The van der Waals surface area contributed by atoms with Gasteiger partial charge in [0.2, 0.25) is 5.95 Å². The van der Waals surface area contributed by atoms with Crippen molar-refractivity contribution in [2.24, 2.45) is 17.8 Å². The van der Waals surface area contributed by atoms with Gasteiger partial charge in [-0.05, 0) is 103 Å². The molecular formula is C34H48F3N5O2. The fraction of sp³-hybridized carbons (Fsp3) is 0.647. The van der Waals surface area contributed by atoms with Gasteiger partial charge in [-0.25, -0.2) is 9.97 Å². The third-order valence-electron chi connectivity index (χ3n) is 9.85. The van der Waals surface area contributed by atoms with Crippen LogP contribution in [-0.4, -0.2) is 62.7 Å². The highest BCUT2D eigenvalue weighted by Gasteiger charge is 2.45. The van der Waals surface area contributed by atoms with Crippen molar-refractivity contribution >= 4 is 23.3 Å². The third-order valence-corrected chi connectivity index (χ3v) is 9.85. The van der Waals surface area contributed by atoms with E-state index in [1.807, 2.05) is 25.8 Å². The minimum absolute atomic E-state index is 0.0445. The monoisotopic (exact) mass is 615 g/mol. The summed E-state index contributed by atoms with van der Waals surface area (Å²) in [6, 6.07) is 6.92. The van der Waals surface area contributed by atoms with Gasteiger partial charge < -0.3 is 10.2 Å². The van der Waals surface area contributed by atoms with Gasteiger partial charge in [0.05, 0.1) is 11.3 Å². The van der Waals surface area contributed by atoms with Crippen molar-refractivity contribution in [3.63, 3.8) is 0 Å². The molecule has 0 bridgehead atoms. The molecule has 242 valence electrons. The first-order chi connectivity index (χ1) is 20.4. The normalized spacial score (nSPS) is 22.3. The van der Waals surface area contributed by atoms with Gasteiger partial charge in [-0.15, -0.1) is 0 Å². The molecule has 1 aromatic carbocycles. The number of hydrogen-bond acceptors (Lipinski definition) is 6. The van der Waals surface area contributed by atoms with E-state index < -0.39 is 11.7 Å². The Hall–Kier alpha value is -3.01. The maximum Gasteiger partial charge on any atom is 0.419 e. The van der Waals surface area contributed by atoms with Crippen molar-refractivity contribution in [3.05, 3.63) is 47.3 Å². The molecular weight excluding hydrogens is 567 g/mol. The molecule has 10 heteroatoms. The summed E-state index contributed by atoms with van der Waals surface area (Å²) in [4.78, 5) is 38.7. The molecule has 0 spiro atoms. The number of anilines is 2. The second-order valence-electron chi connectivity index (χ2n) is 14.5. The molecule has 1 aliphatic carbocycles. The first-order valence-electron chi connectivity index (χ1n) is 15.7. The van der Waals surface area contributed by atoms with Gasteiger partial charge in [0.15, 0.2) is 0 Å². The van der Waals surface area contributed by atoms with Crippen LogP contribution in [0.25, 0.3) is 0 Å².